The highest BCUT2D eigenvalue weighted by Crippen LogP contribution is 2.12. The van der Waals surface area contributed by atoms with Gasteiger partial charge in [-0.05, 0) is 29.8 Å². The van der Waals surface area contributed by atoms with Gasteiger partial charge in [-0.1, -0.05) is 18.2 Å². The number of fused-ring (bicyclic) bond motifs is 1. The average Bonchev–Trinajstić information content (AvgIpc) is 2.56. The first-order valence-corrected chi connectivity index (χ1v) is 8.92. The second-order valence-electron chi connectivity index (χ2n) is 5.36. The Balaban J connectivity index is 1.83. The van der Waals surface area contributed by atoms with Gasteiger partial charge in [0.2, 0.25) is 10.0 Å². The van der Waals surface area contributed by atoms with Crippen LogP contribution in [0.15, 0.2) is 59.7 Å². The van der Waals surface area contributed by atoms with Crippen LogP contribution >= 0.6 is 0 Å². The summed E-state index contributed by atoms with van der Waals surface area (Å²) in [6.07, 6.45) is 2.76. The summed E-state index contributed by atoms with van der Waals surface area (Å²) in [5.74, 6) is -0.896. The van der Waals surface area contributed by atoms with Crippen molar-refractivity contribution in [3.05, 3.63) is 76.3 Å². The van der Waals surface area contributed by atoms with E-state index in [2.05, 4.69) is 10.3 Å². The van der Waals surface area contributed by atoms with Crippen molar-refractivity contribution in [2.45, 2.75) is 5.75 Å². The molecule has 8 nitrogen and oxygen atoms in total. The molecule has 2 heterocycles. The molecule has 3 aromatic rings. The number of hydrogen-bond donors (Lipinski definition) is 2. The number of carbonyl (C=O) groups excluding carboxylic acids is 1. The fourth-order valence-electron chi connectivity index (χ4n) is 2.30. The van der Waals surface area contributed by atoms with Crippen molar-refractivity contribution in [3.8, 4) is 0 Å². The molecule has 25 heavy (non-hydrogen) atoms. The molecule has 3 rings (SSSR count). The number of sulfonamides is 1. The van der Waals surface area contributed by atoms with Crippen molar-refractivity contribution in [1.29, 1.82) is 0 Å². The van der Waals surface area contributed by atoms with Crippen LogP contribution in [-0.4, -0.2) is 23.7 Å². The molecule has 0 saturated carbocycles. The second kappa shape index (κ2) is 6.46. The number of nitrogens with one attached hydrogen (secondary N) is 1. The van der Waals surface area contributed by atoms with E-state index >= 15 is 0 Å². The molecule has 0 fully saturated rings. The minimum Gasteiger partial charge on any atom is -0.322 e. The number of aromatic nitrogens is 2. The summed E-state index contributed by atoms with van der Waals surface area (Å²) in [6.45, 7) is 0. The van der Waals surface area contributed by atoms with Crippen LogP contribution in [0.5, 0.6) is 0 Å². The zero-order valence-electron chi connectivity index (χ0n) is 12.9. The van der Waals surface area contributed by atoms with Crippen molar-refractivity contribution in [3.63, 3.8) is 0 Å². The Labute approximate surface area is 143 Å². The van der Waals surface area contributed by atoms with E-state index in [1.807, 2.05) is 0 Å². The minimum absolute atomic E-state index is 0.0997. The standard InChI is InChI=1S/C16H14N4O4S/c17-25(23,24)10-11-4-6-12(7-5-11)19-15(21)13-9-18-14-3-1-2-8-20(14)16(13)22/h1-9H,10H2,(H,19,21)(H2,17,23,24). The number of primary sulfonamides is 1. The van der Waals surface area contributed by atoms with Crippen molar-refractivity contribution < 1.29 is 13.2 Å². The Morgan fingerprint density at radius 1 is 1.16 bits per heavy atom. The molecule has 0 aliphatic carbocycles. The highest BCUT2D eigenvalue weighted by Gasteiger charge is 2.13. The van der Waals surface area contributed by atoms with Crippen LogP contribution < -0.4 is 16.0 Å². The number of nitrogens with two attached hydrogens (primary N) is 1. The Kier molecular flexibility index (Phi) is 4.34. The van der Waals surface area contributed by atoms with E-state index in [1.165, 1.54) is 41.1 Å². The van der Waals surface area contributed by atoms with Gasteiger partial charge in [-0.15, -0.1) is 0 Å². The Hall–Kier alpha value is -3.04. The maximum atomic E-state index is 12.4. The van der Waals surface area contributed by atoms with E-state index in [9.17, 15) is 18.0 Å². The monoisotopic (exact) mass is 358 g/mol. The van der Waals surface area contributed by atoms with Gasteiger partial charge in [-0.2, -0.15) is 0 Å². The molecule has 0 radical (unpaired) electrons. The Bertz CT molecular complexity index is 1100. The van der Waals surface area contributed by atoms with E-state index in [-0.39, 0.29) is 11.3 Å². The summed E-state index contributed by atoms with van der Waals surface area (Å²) >= 11 is 0. The molecule has 0 atom stereocenters. The lowest BCUT2D eigenvalue weighted by Crippen LogP contribution is -2.26. The van der Waals surface area contributed by atoms with Crippen LogP contribution in [0.1, 0.15) is 15.9 Å². The molecule has 0 spiro atoms. The highest BCUT2D eigenvalue weighted by atomic mass is 32.2. The van der Waals surface area contributed by atoms with Crippen molar-refractivity contribution in [2.75, 3.05) is 5.32 Å². The number of hydrogen-bond acceptors (Lipinski definition) is 5. The lowest BCUT2D eigenvalue weighted by Gasteiger charge is -2.07. The molecule has 128 valence electrons. The van der Waals surface area contributed by atoms with E-state index < -0.39 is 21.5 Å². The number of nitrogens with zero attached hydrogens (tertiary/aromatic N) is 2. The molecule has 1 amide bonds. The molecule has 1 aromatic carbocycles. The summed E-state index contributed by atoms with van der Waals surface area (Å²) in [5.41, 5.74) is 0.774. The zero-order valence-corrected chi connectivity index (χ0v) is 13.7. The summed E-state index contributed by atoms with van der Waals surface area (Å²) in [7, 11) is -3.62. The van der Waals surface area contributed by atoms with Crippen LogP contribution in [0.4, 0.5) is 5.69 Å². The first-order valence-electron chi connectivity index (χ1n) is 7.21. The highest BCUT2D eigenvalue weighted by molar-refractivity contribution is 7.88. The summed E-state index contributed by atoms with van der Waals surface area (Å²) in [4.78, 5) is 28.7. The molecule has 0 unspecified atom stereocenters. The third-order valence-corrected chi connectivity index (χ3v) is 4.17. The quantitative estimate of drug-likeness (QED) is 0.712. The van der Waals surface area contributed by atoms with Crippen LogP contribution in [0.3, 0.4) is 0 Å². The van der Waals surface area contributed by atoms with Crippen molar-refractivity contribution in [2.24, 2.45) is 5.14 Å². The number of benzene rings is 1. The lowest BCUT2D eigenvalue weighted by molar-refractivity contribution is 0.102. The molecular formula is C16H14N4O4S. The predicted octanol–water partition coefficient (Wildman–Crippen LogP) is 0.735. The number of carbonyl (C=O) groups is 1. The average molecular weight is 358 g/mol. The molecule has 2 aromatic heterocycles. The van der Waals surface area contributed by atoms with Crippen molar-refractivity contribution >= 4 is 27.3 Å². The molecule has 9 heteroatoms. The molecule has 0 aliphatic heterocycles. The van der Waals surface area contributed by atoms with E-state index in [4.69, 9.17) is 5.14 Å². The van der Waals surface area contributed by atoms with Crippen molar-refractivity contribution in [1.82, 2.24) is 9.38 Å². The van der Waals surface area contributed by atoms with E-state index in [0.29, 0.717) is 16.9 Å². The largest absolute Gasteiger partial charge is 0.322 e. The summed E-state index contributed by atoms with van der Waals surface area (Å²) in [6, 6.07) is 11.2. The number of amides is 1. The van der Waals surface area contributed by atoms with Crippen LogP contribution in [0.2, 0.25) is 0 Å². The molecule has 3 N–H and O–H groups in total. The lowest BCUT2D eigenvalue weighted by atomic mass is 10.2. The number of rotatable bonds is 4. The third kappa shape index (κ3) is 3.90. The predicted molar refractivity (Wildman–Crippen MR) is 92.7 cm³/mol. The first-order chi connectivity index (χ1) is 11.8. The second-order valence-corrected chi connectivity index (χ2v) is 6.98. The third-order valence-electron chi connectivity index (χ3n) is 3.44. The number of anilines is 1. The normalized spacial score (nSPS) is 11.4. The van der Waals surface area contributed by atoms with Gasteiger partial charge in [-0.3, -0.25) is 14.0 Å². The van der Waals surface area contributed by atoms with Gasteiger partial charge in [0.25, 0.3) is 11.5 Å². The number of pyridine rings is 1. The van der Waals surface area contributed by atoms with E-state index in [0.717, 1.165) is 0 Å². The molecule has 0 bridgehead atoms. The minimum atomic E-state index is -3.62. The maximum absolute atomic E-state index is 12.4. The summed E-state index contributed by atoms with van der Waals surface area (Å²) in [5, 5.41) is 7.56. The van der Waals surface area contributed by atoms with E-state index in [1.54, 1.807) is 18.2 Å². The molecule has 0 saturated heterocycles. The van der Waals surface area contributed by atoms with Gasteiger partial charge >= 0.3 is 0 Å². The smallest absolute Gasteiger partial charge is 0.270 e. The first kappa shape index (κ1) is 16.8. The van der Waals surface area contributed by atoms with Gasteiger partial charge in [0.1, 0.15) is 11.2 Å². The molecule has 0 aliphatic rings. The summed E-state index contributed by atoms with van der Waals surface area (Å²) < 4.78 is 23.4. The molecular weight excluding hydrogens is 344 g/mol. The van der Waals surface area contributed by atoms with Gasteiger partial charge in [-0.25, -0.2) is 18.5 Å². The Morgan fingerprint density at radius 2 is 1.88 bits per heavy atom. The van der Waals surface area contributed by atoms with Gasteiger partial charge in [0, 0.05) is 18.1 Å². The van der Waals surface area contributed by atoms with Gasteiger partial charge in [0.15, 0.2) is 0 Å². The fourth-order valence-corrected chi connectivity index (χ4v) is 2.95. The fraction of sp³-hybridized carbons (Fsp3) is 0.0625. The topological polar surface area (TPSA) is 124 Å². The van der Waals surface area contributed by atoms with Crippen LogP contribution in [0, 0.1) is 0 Å². The zero-order chi connectivity index (χ0) is 18.0. The maximum Gasteiger partial charge on any atom is 0.270 e. The SMILES string of the molecule is NS(=O)(=O)Cc1ccc(NC(=O)c2cnc3ccccn3c2=O)cc1. The Morgan fingerprint density at radius 3 is 2.56 bits per heavy atom. The van der Waals surface area contributed by atoms with Gasteiger partial charge in [0.05, 0.1) is 5.75 Å². The van der Waals surface area contributed by atoms with Crippen LogP contribution in [-0.2, 0) is 15.8 Å². The van der Waals surface area contributed by atoms with Gasteiger partial charge < -0.3 is 5.32 Å². The van der Waals surface area contributed by atoms with Crippen LogP contribution in [0.25, 0.3) is 5.65 Å².